The summed E-state index contributed by atoms with van der Waals surface area (Å²) < 4.78 is 0. The van der Waals surface area contributed by atoms with Gasteiger partial charge in [-0.3, -0.25) is 9.79 Å². The van der Waals surface area contributed by atoms with Gasteiger partial charge in [0, 0.05) is 19.6 Å². The highest BCUT2D eigenvalue weighted by Crippen LogP contribution is 2.14. The number of nitrogens with zero attached hydrogens (tertiary/aromatic N) is 2. The molecule has 1 aliphatic heterocycles. The van der Waals surface area contributed by atoms with Gasteiger partial charge in [0.15, 0.2) is 5.96 Å². The second-order valence-corrected chi connectivity index (χ2v) is 5.41. The molecule has 1 aliphatic rings. The molecule has 2 rings (SSSR count). The van der Waals surface area contributed by atoms with E-state index in [0.717, 1.165) is 25.9 Å². The van der Waals surface area contributed by atoms with Crippen LogP contribution in [0.2, 0.25) is 0 Å². The number of likely N-dealkylation sites (tertiary alicyclic amines) is 1. The van der Waals surface area contributed by atoms with Gasteiger partial charge >= 0.3 is 0 Å². The van der Waals surface area contributed by atoms with Crippen LogP contribution >= 0.6 is 0 Å². The summed E-state index contributed by atoms with van der Waals surface area (Å²) in [6, 6.07) is 6.46. The molecule has 22 heavy (non-hydrogen) atoms. The van der Waals surface area contributed by atoms with Crippen LogP contribution in [0.5, 0.6) is 5.75 Å². The zero-order valence-corrected chi connectivity index (χ0v) is 12.8. The predicted molar refractivity (Wildman–Crippen MR) is 87.0 cm³/mol. The van der Waals surface area contributed by atoms with Crippen molar-refractivity contribution in [3.8, 4) is 5.75 Å². The minimum atomic E-state index is -0.304. The molecular formula is C16H24N4O2. The summed E-state index contributed by atoms with van der Waals surface area (Å²) in [6.45, 7) is 2.74. The Kier molecular flexibility index (Phi) is 6.06. The normalized spacial score (nSPS) is 16.2. The van der Waals surface area contributed by atoms with Crippen LogP contribution in [-0.4, -0.2) is 48.1 Å². The molecule has 6 heteroatoms. The fraction of sp³-hybridized carbons (Fsp3) is 0.500. The molecule has 0 spiro atoms. The lowest BCUT2D eigenvalue weighted by molar-refractivity contribution is 0.0952. The molecule has 1 heterocycles. The van der Waals surface area contributed by atoms with Crippen LogP contribution in [0.4, 0.5) is 0 Å². The van der Waals surface area contributed by atoms with E-state index in [-0.39, 0.29) is 17.2 Å². The van der Waals surface area contributed by atoms with E-state index in [2.05, 4.69) is 15.2 Å². The molecule has 0 aliphatic carbocycles. The van der Waals surface area contributed by atoms with Crippen molar-refractivity contribution in [2.24, 2.45) is 10.7 Å². The number of para-hydroxylation sites is 1. The fourth-order valence-electron chi connectivity index (χ4n) is 2.50. The summed E-state index contributed by atoms with van der Waals surface area (Å²) in [5.74, 6) is 0.230. The zero-order valence-electron chi connectivity index (χ0n) is 12.8. The van der Waals surface area contributed by atoms with E-state index < -0.39 is 0 Å². The van der Waals surface area contributed by atoms with Gasteiger partial charge in [-0.2, -0.15) is 0 Å². The first-order valence-electron chi connectivity index (χ1n) is 7.79. The summed E-state index contributed by atoms with van der Waals surface area (Å²) in [5, 5.41) is 12.3. The summed E-state index contributed by atoms with van der Waals surface area (Å²) in [6.07, 6.45) is 4.81. The van der Waals surface area contributed by atoms with Crippen LogP contribution in [0.1, 0.15) is 36.0 Å². The molecular weight excluding hydrogens is 280 g/mol. The van der Waals surface area contributed by atoms with Crippen LogP contribution in [0, 0.1) is 0 Å². The van der Waals surface area contributed by atoms with E-state index in [1.165, 1.54) is 18.9 Å². The summed E-state index contributed by atoms with van der Waals surface area (Å²) in [4.78, 5) is 18.3. The number of phenolic OH excluding ortho intramolecular Hbond substituents is 1. The van der Waals surface area contributed by atoms with Gasteiger partial charge in [-0.25, -0.2) is 0 Å². The minimum Gasteiger partial charge on any atom is -0.507 e. The average Bonchev–Trinajstić information content (AvgIpc) is 2.81. The molecule has 0 unspecified atom stereocenters. The molecule has 0 radical (unpaired) electrons. The molecule has 0 bridgehead atoms. The Morgan fingerprint density at radius 1 is 1.23 bits per heavy atom. The van der Waals surface area contributed by atoms with Crippen molar-refractivity contribution < 1.29 is 9.90 Å². The van der Waals surface area contributed by atoms with Crippen molar-refractivity contribution in [1.82, 2.24) is 10.2 Å². The molecule has 6 nitrogen and oxygen atoms in total. The Morgan fingerprint density at radius 3 is 2.59 bits per heavy atom. The number of rotatable bonds is 4. The lowest BCUT2D eigenvalue weighted by Gasteiger charge is -2.21. The molecule has 1 aromatic carbocycles. The monoisotopic (exact) mass is 304 g/mol. The Balaban J connectivity index is 1.77. The van der Waals surface area contributed by atoms with Gasteiger partial charge in [-0.15, -0.1) is 0 Å². The maximum atomic E-state index is 11.9. The van der Waals surface area contributed by atoms with Gasteiger partial charge in [0.2, 0.25) is 0 Å². The van der Waals surface area contributed by atoms with Crippen LogP contribution in [0.25, 0.3) is 0 Å². The van der Waals surface area contributed by atoms with Crippen molar-refractivity contribution in [3.05, 3.63) is 29.8 Å². The summed E-state index contributed by atoms with van der Waals surface area (Å²) in [7, 11) is 0. The highest BCUT2D eigenvalue weighted by atomic mass is 16.3. The topological polar surface area (TPSA) is 90.9 Å². The highest BCUT2D eigenvalue weighted by molar-refractivity contribution is 5.96. The first-order valence-corrected chi connectivity index (χ1v) is 7.79. The van der Waals surface area contributed by atoms with Gasteiger partial charge in [0.05, 0.1) is 12.1 Å². The second-order valence-electron chi connectivity index (χ2n) is 5.41. The van der Waals surface area contributed by atoms with Gasteiger partial charge in [-0.1, -0.05) is 25.0 Å². The maximum Gasteiger partial charge on any atom is 0.255 e. The molecule has 1 fully saturated rings. The molecule has 0 saturated carbocycles. The zero-order chi connectivity index (χ0) is 15.8. The lowest BCUT2D eigenvalue weighted by atomic mass is 10.2. The van der Waals surface area contributed by atoms with E-state index >= 15 is 0 Å². The Hall–Kier alpha value is -2.24. The third-order valence-corrected chi connectivity index (χ3v) is 3.75. The molecule has 0 atom stereocenters. The van der Waals surface area contributed by atoms with Crippen molar-refractivity contribution in [2.45, 2.75) is 25.7 Å². The predicted octanol–water partition coefficient (Wildman–Crippen LogP) is 1.31. The van der Waals surface area contributed by atoms with Crippen molar-refractivity contribution in [2.75, 3.05) is 26.2 Å². The summed E-state index contributed by atoms with van der Waals surface area (Å²) in [5.41, 5.74) is 6.26. The van der Waals surface area contributed by atoms with Crippen LogP contribution in [-0.2, 0) is 0 Å². The van der Waals surface area contributed by atoms with E-state index in [9.17, 15) is 9.90 Å². The number of nitrogens with two attached hydrogens (primary N) is 1. The first kappa shape index (κ1) is 16.1. The number of guanidine groups is 1. The Morgan fingerprint density at radius 2 is 1.91 bits per heavy atom. The lowest BCUT2D eigenvalue weighted by Crippen LogP contribution is -2.38. The number of amides is 1. The minimum absolute atomic E-state index is 0.0208. The van der Waals surface area contributed by atoms with E-state index in [1.54, 1.807) is 18.2 Å². The smallest absolute Gasteiger partial charge is 0.255 e. The number of carbonyl (C=O) groups is 1. The van der Waals surface area contributed by atoms with E-state index in [0.29, 0.717) is 19.0 Å². The third-order valence-electron chi connectivity index (χ3n) is 3.75. The molecule has 4 N–H and O–H groups in total. The van der Waals surface area contributed by atoms with E-state index in [4.69, 9.17) is 5.73 Å². The van der Waals surface area contributed by atoms with Gasteiger partial charge in [0.1, 0.15) is 5.75 Å². The number of carbonyl (C=O) groups excluding carboxylic acids is 1. The van der Waals surface area contributed by atoms with Crippen LogP contribution in [0.3, 0.4) is 0 Å². The number of hydrogen-bond donors (Lipinski definition) is 3. The maximum absolute atomic E-state index is 11.9. The van der Waals surface area contributed by atoms with Gasteiger partial charge in [-0.05, 0) is 25.0 Å². The summed E-state index contributed by atoms with van der Waals surface area (Å²) >= 11 is 0. The van der Waals surface area contributed by atoms with Crippen molar-refractivity contribution in [3.63, 3.8) is 0 Å². The van der Waals surface area contributed by atoms with Crippen LogP contribution < -0.4 is 11.1 Å². The number of aliphatic imine (C=N–C) groups is 1. The van der Waals surface area contributed by atoms with E-state index in [1.807, 2.05) is 0 Å². The molecule has 1 aromatic rings. The van der Waals surface area contributed by atoms with Crippen molar-refractivity contribution in [1.29, 1.82) is 0 Å². The molecule has 1 saturated heterocycles. The van der Waals surface area contributed by atoms with Gasteiger partial charge in [0.25, 0.3) is 5.91 Å². The number of benzene rings is 1. The Bertz CT molecular complexity index is 523. The number of phenols is 1. The third kappa shape index (κ3) is 4.65. The first-order chi connectivity index (χ1) is 10.7. The highest BCUT2D eigenvalue weighted by Gasteiger charge is 2.11. The quantitative estimate of drug-likeness (QED) is 0.444. The standard InChI is InChI=1S/C16H24N4O2/c17-16(20-11-5-1-2-6-12-20)19-10-9-18-15(22)13-7-3-4-8-14(13)21/h3-4,7-8,21H,1-2,5-6,9-12H2,(H2,17,19)(H,18,22). The molecule has 1 amide bonds. The SMILES string of the molecule is NC(=NCCNC(=O)c1ccccc1O)N1CCCCCC1. The van der Waals surface area contributed by atoms with Crippen LogP contribution in [0.15, 0.2) is 29.3 Å². The van der Waals surface area contributed by atoms with Crippen molar-refractivity contribution >= 4 is 11.9 Å². The second kappa shape index (κ2) is 8.26. The Labute approximate surface area is 131 Å². The average molecular weight is 304 g/mol. The largest absolute Gasteiger partial charge is 0.507 e. The molecule has 120 valence electrons. The fourth-order valence-corrected chi connectivity index (χ4v) is 2.50. The number of nitrogens with one attached hydrogen (secondary N) is 1. The van der Waals surface area contributed by atoms with Gasteiger partial charge < -0.3 is 21.1 Å². The number of hydrogen-bond acceptors (Lipinski definition) is 3. The molecule has 0 aromatic heterocycles. The number of aromatic hydroxyl groups is 1.